The summed E-state index contributed by atoms with van der Waals surface area (Å²) < 4.78 is 16.2. The molecule has 1 aromatic carbocycles. The Morgan fingerprint density at radius 3 is 2.70 bits per heavy atom. The van der Waals surface area contributed by atoms with Gasteiger partial charge in [0.05, 0.1) is 22.3 Å². The summed E-state index contributed by atoms with van der Waals surface area (Å²) in [7, 11) is 0. The number of benzene rings is 1. The van der Waals surface area contributed by atoms with E-state index in [1.165, 1.54) is 17.8 Å². The van der Waals surface area contributed by atoms with Crippen molar-refractivity contribution in [2.24, 2.45) is 4.99 Å². The third kappa shape index (κ3) is 2.27. The van der Waals surface area contributed by atoms with Gasteiger partial charge in [-0.2, -0.15) is 5.10 Å². The van der Waals surface area contributed by atoms with Crippen LogP contribution in [-0.4, -0.2) is 20.2 Å². The summed E-state index contributed by atoms with van der Waals surface area (Å²) >= 11 is 1.46. The highest BCUT2D eigenvalue weighted by Gasteiger charge is 2.31. The first-order valence-electron chi connectivity index (χ1n) is 7.48. The summed E-state index contributed by atoms with van der Waals surface area (Å²) in [6.07, 6.45) is 1.82. The topological polar surface area (TPSA) is 29.7 Å². The Morgan fingerprint density at radius 2 is 1.87 bits per heavy atom. The molecule has 0 amide bonds. The second kappa shape index (κ2) is 4.93. The summed E-state index contributed by atoms with van der Waals surface area (Å²) in [6.45, 7) is 6.02. The molecule has 116 valence electrons. The molecule has 3 aromatic rings. The number of hydrogen-bond acceptors (Lipinski definition) is 3. The lowest BCUT2D eigenvalue weighted by Gasteiger charge is -2.28. The van der Waals surface area contributed by atoms with Crippen LogP contribution >= 0.6 is 11.8 Å². The van der Waals surface area contributed by atoms with Crippen molar-refractivity contribution in [1.29, 1.82) is 0 Å². The van der Waals surface area contributed by atoms with Crippen molar-refractivity contribution in [3.05, 3.63) is 65.2 Å². The molecule has 0 aliphatic carbocycles. The Bertz CT molecular complexity index is 956. The van der Waals surface area contributed by atoms with Gasteiger partial charge in [0.1, 0.15) is 10.7 Å². The van der Waals surface area contributed by atoms with Crippen LogP contribution in [0.15, 0.2) is 52.5 Å². The lowest BCUT2D eigenvalue weighted by molar-refractivity contribution is 0.597. The molecule has 4 rings (SSSR count). The van der Waals surface area contributed by atoms with Gasteiger partial charge in [0, 0.05) is 16.8 Å². The predicted octanol–water partition coefficient (Wildman–Crippen LogP) is 4.46. The molecule has 0 unspecified atom stereocenters. The summed E-state index contributed by atoms with van der Waals surface area (Å²) in [5.74, 6) is -0.194. The highest BCUT2D eigenvalue weighted by Crippen LogP contribution is 2.43. The van der Waals surface area contributed by atoms with Gasteiger partial charge < -0.3 is 0 Å². The van der Waals surface area contributed by atoms with Crippen LogP contribution in [0.1, 0.15) is 30.7 Å². The molecule has 23 heavy (non-hydrogen) atoms. The average molecular weight is 325 g/mol. The Kier molecular flexibility index (Phi) is 3.10. The minimum absolute atomic E-state index is 0.194. The summed E-state index contributed by atoms with van der Waals surface area (Å²) in [5.41, 5.74) is 4.63. The number of aromatic nitrogens is 2. The summed E-state index contributed by atoms with van der Waals surface area (Å²) in [5, 5.41) is 4.47. The van der Waals surface area contributed by atoms with Gasteiger partial charge in [-0.05, 0) is 39.0 Å². The molecule has 0 saturated carbocycles. The minimum atomic E-state index is -0.414. The SMILES string of the molecule is Cc1cccc2c(C3=NC(C)(C)Sc4c(F)cccc43)cnn12. The molecule has 2 aromatic heterocycles. The fourth-order valence-electron chi connectivity index (χ4n) is 2.94. The quantitative estimate of drug-likeness (QED) is 0.661. The van der Waals surface area contributed by atoms with Gasteiger partial charge in [-0.25, -0.2) is 8.91 Å². The van der Waals surface area contributed by atoms with Crippen LogP contribution in [0.2, 0.25) is 0 Å². The van der Waals surface area contributed by atoms with Crippen LogP contribution in [0.25, 0.3) is 5.52 Å². The van der Waals surface area contributed by atoms with Gasteiger partial charge in [0.2, 0.25) is 0 Å². The second-order valence-electron chi connectivity index (χ2n) is 6.15. The van der Waals surface area contributed by atoms with Crippen LogP contribution in [0, 0.1) is 12.7 Å². The van der Waals surface area contributed by atoms with Crippen molar-refractivity contribution in [2.75, 3.05) is 0 Å². The molecule has 0 saturated heterocycles. The van der Waals surface area contributed by atoms with Gasteiger partial charge in [0.15, 0.2) is 0 Å². The molecular formula is C18H16FN3S. The minimum Gasteiger partial charge on any atom is -0.267 e. The first-order chi connectivity index (χ1) is 11.0. The van der Waals surface area contributed by atoms with E-state index >= 15 is 0 Å². The zero-order valence-electron chi connectivity index (χ0n) is 13.2. The van der Waals surface area contributed by atoms with Crippen LogP contribution in [0.5, 0.6) is 0 Å². The number of fused-ring (bicyclic) bond motifs is 2. The second-order valence-corrected chi connectivity index (χ2v) is 7.76. The number of thioether (sulfide) groups is 1. The number of aliphatic imine (C=N–C) groups is 1. The Morgan fingerprint density at radius 1 is 1.09 bits per heavy atom. The molecule has 0 fully saturated rings. The maximum Gasteiger partial charge on any atom is 0.137 e. The zero-order chi connectivity index (χ0) is 16.2. The normalized spacial score (nSPS) is 16.3. The van der Waals surface area contributed by atoms with E-state index in [9.17, 15) is 4.39 Å². The van der Waals surface area contributed by atoms with E-state index < -0.39 is 4.87 Å². The third-order valence-corrected chi connectivity index (χ3v) is 5.15. The van der Waals surface area contributed by atoms with Crippen molar-refractivity contribution < 1.29 is 4.39 Å². The van der Waals surface area contributed by atoms with Crippen LogP contribution in [0.4, 0.5) is 4.39 Å². The van der Waals surface area contributed by atoms with Gasteiger partial charge in [-0.15, -0.1) is 0 Å². The van der Waals surface area contributed by atoms with Gasteiger partial charge >= 0.3 is 0 Å². The van der Waals surface area contributed by atoms with E-state index in [2.05, 4.69) is 5.10 Å². The van der Waals surface area contributed by atoms with Gasteiger partial charge in [0.25, 0.3) is 0 Å². The van der Waals surface area contributed by atoms with E-state index in [-0.39, 0.29) is 5.82 Å². The van der Waals surface area contributed by atoms with E-state index in [0.29, 0.717) is 4.90 Å². The summed E-state index contributed by atoms with van der Waals surface area (Å²) in [4.78, 5) is 5.13. The lowest BCUT2D eigenvalue weighted by atomic mass is 10.0. The van der Waals surface area contributed by atoms with E-state index in [0.717, 1.165) is 28.0 Å². The number of pyridine rings is 1. The highest BCUT2D eigenvalue weighted by atomic mass is 32.2. The van der Waals surface area contributed by atoms with E-state index in [1.54, 1.807) is 6.07 Å². The molecular weight excluding hydrogens is 309 g/mol. The highest BCUT2D eigenvalue weighted by molar-refractivity contribution is 8.00. The number of halogens is 1. The smallest absolute Gasteiger partial charge is 0.137 e. The molecule has 0 N–H and O–H groups in total. The standard InChI is InChI=1S/C18H16FN3S/c1-11-6-4-9-15-13(10-20-22(11)15)16-12-7-5-8-14(19)17(12)23-18(2,3)21-16/h4-10H,1-3H3. The van der Waals surface area contributed by atoms with Gasteiger partial charge in [-0.1, -0.05) is 30.0 Å². The fourth-order valence-corrected chi connectivity index (χ4v) is 4.01. The first kappa shape index (κ1) is 14.5. The molecule has 3 heterocycles. The third-order valence-electron chi connectivity index (χ3n) is 3.94. The molecule has 0 atom stereocenters. The van der Waals surface area contributed by atoms with Gasteiger partial charge in [-0.3, -0.25) is 4.99 Å². The number of rotatable bonds is 1. The van der Waals surface area contributed by atoms with Crippen molar-refractivity contribution in [1.82, 2.24) is 9.61 Å². The predicted molar refractivity (Wildman–Crippen MR) is 91.9 cm³/mol. The van der Waals surface area contributed by atoms with Crippen LogP contribution in [0.3, 0.4) is 0 Å². The Balaban J connectivity index is 2.02. The molecule has 5 heteroatoms. The van der Waals surface area contributed by atoms with Crippen LogP contribution in [-0.2, 0) is 0 Å². The number of aryl methyl sites for hydroxylation is 1. The van der Waals surface area contributed by atoms with Crippen molar-refractivity contribution in [3.63, 3.8) is 0 Å². The fraction of sp³-hybridized carbons (Fsp3) is 0.222. The lowest BCUT2D eigenvalue weighted by Crippen LogP contribution is -2.22. The largest absolute Gasteiger partial charge is 0.267 e. The van der Waals surface area contributed by atoms with Crippen molar-refractivity contribution in [2.45, 2.75) is 30.5 Å². The summed E-state index contributed by atoms with van der Waals surface area (Å²) in [6, 6.07) is 11.2. The van der Waals surface area contributed by atoms with Crippen LogP contribution < -0.4 is 0 Å². The Hall–Kier alpha value is -2.14. The monoisotopic (exact) mass is 325 g/mol. The van der Waals surface area contributed by atoms with Crippen molar-refractivity contribution in [3.8, 4) is 0 Å². The Labute approximate surface area is 138 Å². The molecule has 1 aliphatic heterocycles. The number of nitrogens with zero attached hydrogens (tertiary/aromatic N) is 3. The first-order valence-corrected chi connectivity index (χ1v) is 8.29. The van der Waals surface area contributed by atoms with E-state index in [1.807, 2.05) is 55.7 Å². The molecule has 1 aliphatic rings. The maximum atomic E-state index is 14.3. The number of hydrogen-bond donors (Lipinski definition) is 0. The molecule has 0 radical (unpaired) electrons. The molecule has 0 bridgehead atoms. The van der Waals surface area contributed by atoms with E-state index in [4.69, 9.17) is 4.99 Å². The maximum absolute atomic E-state index is 14.3. The molecule has 0 spiro atoms. The average Bonchev–Trinajstić information content (AvgIpc) is 2.92. The molecule has 3 nitrogen and oxygen atoms in total. The zero-order valence-corrected chi connectivity index (χ0v) is 14.0. The van der Waals surface area contributed by atoms with Crippen molar-refractivity contribution >= 4 is 23.0 Å².